The van der Waals surface area contributed by atoms with Crippen LogP contribution in [0.1, 0.15) is 6.42 Å². The number of carboxylic acids is 1. The lowest BCUT2D eigenvalue weighted by Crippen LogP contribution is -2.15. The van der Waals surface area contributed by atoms with Gasteiger partial charge in [0.1, 0.15) is 0 Å². The molecular weight excluding hydrogens is 187 g/mol. The molecule has 0 aliphatic heterocycles. The molecule has 4 heteroatoms. The molecule has 60 valence electrons. The quantitative estimate of drug-likeness (QED) is 0.693. The predicted molar refractivity (Wildman–Crippen MR) is 43.6 cm³/mol. The largest absolute Gasteiger partial charge is 0.481 e. The van der Waals surface area contributed by atoms with E-state index in [0.29, 0.717) is 16.5 Å². The minimum atomic E-state index is -0.933. The van der Waals surface area contributed by atoms with Crippen molar-refractivity contribution in [3.05, 3.63) is 22.2 Å². The van der Waals surface area contributed by atoms with Gasteiger partial charge in [0.25, 0.3) is 0 Å². The highest BCUT2D eigenvalue weighted by atomic mass is 35.5. The fraction of sp³-hybridized carbons (Fsp3) is 0.286. The average Bonchev–Trinajstić information content (AvgIpc) is 1.94. The van der Waals surface area contributed by atoms with Gasteiger partial charge in [0.2, 0.25) is 0 Å². The van der Waals surface area contributed by atoms with Crippen molar-refractivity contribution in [3.63, 3.8) is 0 Å². The normalized spacial score (nSPS) is 24.0. The SMILES string of the molecule is O=C(O)C1CC(Cl)=CC=C1Cl. The number of hydrogen-bond donors (Lipinski definition) is 1. The first-order valence-electron chi connectivity index (χ1n) is 3.06. The maximum Gasteiger partial charge on any atom is 0.312 e. The number of rotatable bonds is 1. The Morgan fingerprint density at radius 1 is 1.55 bits per heavy atom. The van der Waals surface area contributed by atoms with Crippen LogP contribution in [0.5, 0.6) is 0 Å². The van der Waals surface area contributed by atoms with Gasteiger partial charge in [-0.15, -0.1) is 0 Å². The minimum absolute atomic E-state index is 0.298. The molecule has 0 saturated heterocycles. The van der Waals surface area contributed by atoms with Gasteiger partial charge in [-0.05, 0) is 12.2 Å². The molecule has 1 aliphatic carbocycles. The van der Waals surface area contributed by atoms with Crippen molar-refractivity contribution in [1.82, 2.24) is 0 Å². The summed E-state index contributed by atoms with van der Waals surface area (Å²) in [6.45, 7) is 0. The van der Waals surface area contributed by atoms with Gasteiger partial charge in [-0.1, -0.05) is 23.2 Å². The van der Waals surface area contributed by atoms with Crippen molar-refractivity contribution in [3.8, 4) is 0 Å². The summed E-state index contributed by atoms with van der Waals surface area (Å²) in [7, 11) is 0. The Morgan fingerprint density at radius 2 is 2.18 bits per heavy atom. The van der Waals surface area contributed by atoms with Crippen LogP contribution in [-0.4, -0.2) is 11.1 Å². The third-order valence-electron chi connectivity index (χ3n) is 1.45. The van der Waals surface area contributed by atoms with Crippen LogP contribution in [0.3, 0.4) is 0 Å². The summed E-state index contributed by atoms with van der Waals surface area (Å²) in [5.74, 6) is -1.59. The third kappa shape index (κ3) is 1.98. The number of carbonyl (C=O) groups is 1. The van der Waals surface area contributed by atoms with E-state index in [2.05, 4.69) is 0 Å². The molecule has 1 aliphatic rings. The van der Waals surface area contributed by atoms with E-state index in [4.69, 9.17) is 28.3 Å². The van der Waals surface area contributed by atoms with Gasteiger partial charge >= 0.3 is 5.97 Å². The Labute approximate surface area is 74.1 Å². The Hall–Kier alpha value is -0.470. The van der Waals surface area contributed by atoms with Crippen molar-refractivity contribution in [2.75, 3.05) is 0 Å². The van der Waals surface area contributed by atoms with E-state index < -0.39 is 11.9 Å². The molecule has 0 radical (unpaired) electrons. The maximum atomic E-state index is 10.5. The first-order valence-corrected chi connectivity index (χ1v) is 3.81. The van der Waals surface area contributed by atoms with Crippen LogP contribution in [0, 0.1) is 5.92 Å². The first-order chi connectivity index (χ1) is 5.11. The Bertz CT molecular complexity index is 243. The second-order valence-electron chi connectivity index (χ2n) is 2.26. The van der Waals surface area contributed by atoms with E-state index in [0.717, 1.165) is 0 Å². The molecule has 0 amide bonds. The second kappa shape index (κ2) is 3.28. The van der Waals surface area contributed by atoms with Gasteiger partial charge in [0.15, 0.2) is 0 Å². The van der Waals surface area contributed by atoms with Crippen LogP contribution in [-0.2, 0) is 4.79 Å². The molecule has 0 saturated carbocycles. The highest BCUT2D eigenvalue weighted by Crippen LogP contribution is 2.29. The maximum absolute atomic E-state index is 10.5. The predicted octanol–water partition coefficient (Wildman–Crippen LogP) is 2.34. The van der Waals surface area contributed by atoms with Crippen LogP contribution in [0.2, 0.25) is 0 Å². The highest BCUT2D eigenvalue weighted by Gasteiger charge is 2.23. The van der Waals surface area contributed by atoms with Crippen molar-refractivity contribution in [2.45, 2.75) is 6.42 Å². The number of aliphatic carboxylic acids is 1. The van der Waals surface area contributed by atoms with Crippen LogP contribution in [0.25, 0.3) is 0 Å². The van der Waals surface area contributed by atoms with Gasteiger partial charge in [0, 0.05) is 16.5 Å². The molecule has 1 unspecified atom stereocenters. The summed E-state index contributed by atoms with van der Waals surface area (Å²) in [4.78, 5) is 10.5. The average molecular weight is 193 g/mol. The van der Waals surface area contributed by atoms with Crippen LogP contribution in [0.4, 0.5) is 0 Å². The molecule has 0 aromatic carbocycles. The first kappa shape index (κ1) is 8.62. The van der Waals surface area contributed by atoms with Gasteiger partial charge in [0.05, 0.1) is 5.92 Å². The van der Waals surface area contributed by atoms with Crippen LogP contribution < -0.4 is 0 Å². The fourth-order valence-electron chi connectivity index (χ4n) is 0.852. The number of hydrogen-bond acceptors (Lipinski definition) is 1. The summed E-state index contributed by atoms with van der Waals surface area (Å²) in [6, 6.07) is 0. The third-order valence-corrected chi connectivity index (χ3v) is 2.12. The number of halogens is 2. The Balaban J connectivity index is 2.81. The zero-order valence-corrected chi connectivity index (χ0v) is 7.06. The van der Waals surface area contributed by atoms with Crippen molar-refractivity contribution < 1.29 is 9.90 Å². The van der Waals surface area contributed by atoms with E-state index >= 15 is 0 Å². The summed E-state index contributed by atoms with van der Waals surface area (Å²) >= 11 is 11.2. The van der Waals surface area contributed by atoms with E-state index in [1.807, 2.05) is 0 Å². The zero-order chi connectivity index (χ0) is 8.43. The van der Waals surface area contributed by atoms with E-state index in [1.165, 1.54) is 6.08 Å². The molecule has 1 rings (SSSR count). The summed E-state index contributed by atoms with van der Waals surface area (Å²) in [6.07, 6.45) is 3.43. The molecule has 2 nitrogen and oxygen atoms in total. The molecule has 1 N–H and O–H groups in total. The summed E-state index contributed by atoms with van der Waals surface area (Å²) < 4.78 is 0. The monoisotopic (exact) mass is 192 g/mol. The van der Waals surface area contributed by atoms with Crippen molar-refractivity contribution in [2.24, 2.45) is 5.92 Å². The van der Waals surface area contributed by atoms with Crippen molar-refractivity contribution in [1.29, 1.82) is 0 Å². The topological polar surface area (TPSA) is 37.3 Å². The van der Waals surface area contributed by atoms with Gasteiger partial charge in [-0.3, -0.25) is 4.79 Å². The Morgan fingerprint density at radius 3 is 2.64 bits per heavy atom. The van der Waals surface area contributed by atoms with Gasteiger partial charge in [-0.2, -0.15) is 0 Å². The second-order valence-corrected chi connectivity index (χ2v) is 3.18. The zero-order valence-electron chi connectivity index (χ0n) is 5.55. The number of carboxylic acid groups (broad SMARTS) is 1. The summed E-state index contributed by atoms with van der Waals surface area (Å²) in [5, 5.41) is 9.48. The van der Waals surface area contributed by atoms with E-state index in [1.54, 1.807) is 6.08 Å². The fourth-order valence-corrected chi connectivity index (χ4v) is 1.30. The lowest BCUT2D eigenvalue weighted by Gasteiger charge is -2.13. The molecule has 11 heavy (non-hydrogen) atoms. The lowest BCUT2D eigenvalue weighted by atomic mass is 10.0. The van der Waals surface area contributed by atoms with E-state index in [9.17, 15) is 4.79 Å². The van der Waals surface area contributed by atoms with Crippen LogP contribution in [0.15, 0.2) is 22.2 Å². The molecule has 0 spiro atoms. The molecule has 0 bridgehead atoms. The Kier molecular flexibility index (Phi) is 2.58. The molecule has 1 atom stereocenters. The highest BCUT2D eigenvalue weighted by molar-refractivity contribution is 6.33. The summed E-state index contributed by atoms with van der Waals surface area (Å²) in [5.41, 5.74) is 0. The number of allylic oxidation sites excluding steroid dienone is 3. The van der Waals surface area contributed by atoms with Gasteiger partial charge < -0.3 is 5.11 Å². The lowest BCUT2D eigenvalue weighted by molar-refractivity contribution is -0.140. The molecular formula is C7H6Cl2O2. The molecule has 0 aromatic rings. The van der Waals surface area contributed by atoms with E-state index in [-0.39, 0.29) is 0 Å². The molecule has 0 heterocycles. The minimum Gasteiger partial charge on any atom is -0.481 e. The van der Waals surface area contributed by atoms with Crippen LogP contribution >= 0.6 is 23.2 Å². The molecule has 0 aromatic heterocycles. The van der Waals surface area contributed by atoms with Crippen molar-refractivity contribution >= 4 is 29.2 Å². The standard InChI is InChI=1S/C7H6Cl2O2/c8-4-1-2-6(9)5(3-4)7(10)11/h1-2,5H,3H2,(H,10,11). The van der Waals surface area contributed by atoms with Gasteiger partial charge in [-0.25, -0.2) is 0 Å². The molecule has 0 fully saturated rings. The smallest absolute Gasteiger partial charge is 0.312 e.